The molecule has 0 radical (unpaired) electrons. The first-order valence-corrected chi connectivity index (χ1v) is 12.8. The summed E-state index contributed by atoms with van der Waals surface area (Å²) in [5, 5.41) is 12.9. The minimum Gasteiger partial charge on any atom is -0.494 e. The smallest absolute Gasteiger partial charge is 0.252 e. The molecule has 0 spiro atoms. The predicted octanol–water partition coefficient (Wildman–Crippen LogP) is 5.69. The fourth-order valence-electron chi connectivity index (χ4n) is 3.82. The van der Waals surface area contributed by atoms with Crippen LogP contribution in [-0.4, -0.2) is 42.3 Å². The van der Waals surface area contributed by atoms with E-state index in [1.54, 1.807) is 18.2 Å². The Balaban J connectivity index is 1.53. The fourth-order valence-corrected chi connectivity index (χ4v) is 4.29. The Morgan fingerprint density at radius 3 is 2.62 bits per heavy atom. The molecule has 192 valence electrons. The van der Waals surface area contributed by atoms with Crippen LogP contribution in [0.2, 0.25) is 10.0 Å². The number of halogens is 2. The van der Waals surface area contributed by atoms with Crippen LogP contribution in [-0.2, 0) is 16.1 Å². The van der Waals surface area contributed by atoms with Crippen LogP contribution in [0.4, 0.5) is 0 Å². The number of aliphatic hydroxyl groups is 1. The van der Waals surface area contributed by atoms with E-state index in [-0.39, 0.29) is 25.7 Å². The van der Waals surface area contributed by atoms with Crippen LogP contribution in [0.3, 0.4) is 0 Å². The monoisotopic (exact) mass is 538 g/mol. The number of aliphatic imine (C=N–C) groups is 1. The maximum Gasteiger partial charge on any atom is 0.252 e. The van der Waals surface area contributed by atoms with Crippen LogP contribution in [0.25, 0.3) is 6.08 Å². The van der Waals surface area contributed by atoms with Crippen LogP contribution in [0, 0.1) is 0 Å². The van der Waals surface area contributed by atoms with Gasteiger partial charge in [-0.1, -0.05) is 71.8 Å². The van der Waals surface area contributed by atoms with Gasteiger partial charge in [-0.2, -0.15) is 0 Å². The van der Waals surface area contributed by atoms with E-state index >= 15 is 0 Å². The highest BCUT2D eigenvalue weighted by atomic mass is 35.5. The summed E-state index contributed by atoms with van der Waals surface area (Å²) in [6.45, 7) is 0.859. The summed E-state index contributed by atoms with van der Waals surface area (Å²) >= 11 is 12.3. The van der Waals surface area contributed by atoms with E-state index in [0.29, 0.717) is 41.1 Å². The standard InChI is InChI=1S/C29H28Cl2N2O4/c30-24-12-9-23(26(31)18-24)19-32-28(35)29(15-4-8-21-6-2-1-3-7-21)20-37-27(33-29)22-10-13-25(14-11-22)36-17-5-16-34/h1-4,6-14,18,34H,5,15-17,19-20H2,(H,32,35)/b8-4+/t29-/m1/s1. The largest absolute Gasteiger partial charge is 0.494 e. The highest BCUT2D eigenvalue weighted by Gasteiger charge is 2.43. The molecule has 2 N–H and O–H groups in total. The molecule has 1 aliphatic rings. The molecule has 6 nitrogen and oxygen atoms in total. The highest BCUT2D eigenvalue weighted by molar-refractivity contribution is 6.35. The number of aliphatic hydroxyl groups excluding tert-OH is 1. The number of amides is 1. The van der Waals surface area contributed by atoms with E-state index in [4.69, 9.17) is 42.8 Å². The molecular weight excluding hydrogens is 511 g/mol. The molecule has 0 saturated heterocycles. The quantitative estimate of drug-likeness (QED) is 0.307. The van der Waals surface area contributed by atoms with Crippen molar-refractivity contribution in [2.75, 3.05) is 19.8 Å². The van der Waals surface area contributed by atoms with Crippen molar-refractivity contribution in [2.45, 2.75) is 24.9 Å². The Morgan fingerprint density at radius 1 is 1.11 bits per heavy atom. The minimum atomic E-state index is -1.13. The zero-order valence-corrected chi connectivity index (χ0v) is 21.7. The van der Waals surface area contributed by atoms with Crippen LogP contribution in [0.5, 0.6) is 5.75 Å². The molecule has 4 rings (SSSR count). The van der Waals surface area contributed by atoms with Crippen molar-refractivity contribution >= 4 is 41.1 Å². The van der Waals surface area contributed by atoms with Gasteiger partial charge in [0.25, 0.3) is 5.91 Å². The van der Waals surface area contributed by atoms with Gasteiger partial charge in [-0.25, -0.2) is 4.99 Å². The van der Waals surface area contributed by atoms with Crippen molar-refractivity contribution in [2.24, 2.45) is 4.99 Å². The van der Waals surface area contributed by atoms with Crippen LogP contribution < -0.4 is 10.1 Å². The summed E-state index contributed by atoms with van der Waals surface area (Å²) in [4.78, 5) is 18.3. The second-order valence-electron chi connectivity index (χ2n) is 8.62. The van der Waals surface area contributed by atoms with Crippen LogP contribution in [0.1, 0.15) is 29.5 Å². The average molecular weight is 539 g/mol. The summed E-state index contributed by atoms with van der Waals surface area (Å²) in [7, 11) is 0. The average Bonchev–Trinajstić information content (AvgIpc) is 3.35. The van der Waals surface area contributed by atoms with Gasteiger partial charge in [-0.3, -0.25) is 4.79 Å². The molecule has 0 unspecified atom stereocenters. The van der Waals surface area contributed by atoms with Gasteiger partial charge in [0, 0.05) is 41.6 Å². The summed E-state index contributed by atoms with van der Waals surface area (Å²) in [6.07, 6.45) is 4.83. The predicted molar refractivity (Wildman–Crippen MR) is 147 cm³/mol. The van der Waals surface area contributed by atoms with Crippen LogP contribution >= 0.6 is 23.2 Å². The maximum atomic E-state index is 13.5. The first kappa shape index (κ1) is 26.7. The van der Waals surface area contributed by atoms with Gasteiger partial charge in [-0.05, 0) is 47.5 Å². The molecule has 8 heteroatoms. The van der Waals surface area contributed by atoms with Gasteiger partial charge in [0.1, 0.15) is 12.4 Å². The SMILES string of the molecule is O=C(NCc1ccc(Cl)cc1Cl)[C@@]1(C/C=C/c2ccccc2)COC(c2ccc(OCCCO)cc2)=N1. The Labute approximate surface area is 226 Å². The van der Waals surface area contributed by atoms with E-state index in [0.717, 1.165) is 16.7 Å². The van der Waals surface area contributed by atoms with Crippen molar-refractivity contribution in [3.05, 3.63) is 106 Å². The molecule has 0 saturated carbocycles. The Morgan fingerprint density at radius 2 is 1.89 bits per heavy atom. The van der Waals surface area contributed by atoms with Crippen molar-refractivity contribution < 1.29 is 19.4 Å². The van der Waals surface area contributed by atoms with Crippen molar-refractivity contribution in [3.8, 4) is 5.75 Å². The number of hydrogen-bond donors (Lipinski definition) is 2. The number of carbonyl (C=O) groups excluding carboxylic acids is 1. The number of ether oxygens (including phenoxy) is 2. The second kappa shape index (κ2) is 12.8. The Kier molecular flexibility index (Phi) is 9.23. The van der Waals surface area contributed by atoms with Gasteiger partial charge in [0.05, 0.1) is 6.61 Å². The lowest BCUT2D eigenvalue weighted by atomic mass is 9.95. The number of nitrogens with zero attached hydrogens (tertiary/aromatic N) is 1. The van der Waals surface area contributed by atoms with Gasteiger partial charge in [0.15, 0.2) is 5.54 Å². The molecule has 0 aromatic heterocycles. The molecule has 1 amide bonds. The Hall–Kier alpha value is -3.32. The topological polar surface area (TPSA) is 80.2 Å². The first-order chi connectivity index (χ1) is 18.0. The number of nitrogens with one attached hydrogen (secondary N) is 1. The molecule has 0 bridgehead atoms. The number of carbonyl (C=O) groups is 1. The molecule has 1 atom stereocenters. The van der Waals surface area contributed by atoms with E-state index in [1.165, 1.54) is 0 Å². The molecule has 1 heterocycles. The van der Waals surface area contributed by atoms with Gasteiger partial charge >= 0.3 is 0 Å². The molecule has 3 aromatic rings. The zero-order chi connectivity index (χ0) is 26.1. The lowest BCUT2D eigenvalue weighted by Gasteiger charge is -2.22. The van der Waals surface area contributed by atoms with E-state index in [9.17, 15) is 4.79 Å². The van der Waals surface area contributed by atoms with E-state index in [2.05, 4.69) is 5.32 Å². The van der Waals surface area contributed by atoms with Gasteiger partial charge in [0.2, 0.25) is 5.90 Å². The Bertz CT molecular complexity index is 1260. The molecular formula is C29H28Cl2N2O4. The fraction of sp³-hybridized carbons (Fsp3) is 0.241. The molecule has 0 fully saturated rings. The summed E-state index contributed by atoms with van der Waals surface area (Å²) < 4.78 is 11.5. The number of hydrogen-bond acceptors (Lipinski definition) is 5. The first-order valence-electron chi connectivity index (χ1n) is 12.0. The van der Waals surface area contributed by atoms with E-state index < -0.39 is 5.54 Å². The molecule has 3 aromatic carbocycles. The van der Waals surface area contributed by atoms with Crippen molar-refractivity contribution in [3.63, 3.8) is 0 Å². The third-order valence-electron chi connectivity index (χ3n) is 5.88. The zero-order valence-electron chi connectivity index (χ0n) is 20.2. The second-order valence-corrected chi connectivity index (χ2v) is 9.47. The third kappa shape index (κ3) is 7.13. The van der Waals surface area contributed by atoms with Gasteiger partial charge in [-0.15, -0.1) is 0 Å². The summed E-state index contributed by atoms with van der Waals surface area (Å²) in [5.74, 6) is 0.829. The summed E-state index contributed by atoms with van der Waals surface area (Å²) in [5.41, 5.74) is 1.41. The highest BCUT2D eigenvalue weighted by Crippen LogP contribution is 2.28. The maximum absolute atomic E-state index is 13.5. The van der Waals surface area contributed by atoms with Crippen molar-refractivity contribution in [1.29, 1.82) is 0 Å². The number of benzene rings is 3. The lowest BCUT2D eigenvalue weighted by Crippen LogP contribution is -2.46. The summed E-state index contributed by atoms with van der Waals surface area (Å²) in [6, 6.07) is 22.4. The lowest BCUT2D eigenvalue weighted by molar-refractivity contribution is -0.126. The number of rotatable bonds is 11. The normalized spacial score (nSPS) is 16.9. The van der Waals surface area contributed by atoms with Crippen LogP contribution in [0.15, 0.2) is 83.9 Å². The van der Waals surface area contributed by atoms with Crippen molar-refractivity contribution in [1.82, 2.24) is 5.32 Å². The van der Waals surface area contributed by atoms with Gasteiger partial charge < -0.3 is 19.9 Å². The molecule has 37 heavy (non-hydrogen) atoms. The molecule has 0 aliphatic carbocycles. The molecule has 1 aliphatic heterocycles. The minimum absolute atomic E-state index is 0.0792. The third-order valence-corrected chi connectivity index (χ3v) is 6.47. The van der Waals surface area contributed by atoms with E-state index in [1.807, 2.05) is 66.7 Å².